The van der Waals surface area contributed by atoms with E-state index in [1.165, 1.54) is 41.9 Å². The highest BCUT2D eigenvalue weighted by Gasteiger charge is 2.42. The second-order valence-corrected chi connectivity index (χ2v) is 7.66. The molecule has 0 amide bonds. The van der Waals surface area contributed by atoms with Crippen molar-refractivity contribution in [1.82, 2.24) is 5.32 Å². The van der Waals surface area contributed by atoms with Crippen molar-refractivity contribution in [3.8, 4) is 0 Å². The van der Waals surface area contributed by atoms with Crippen LogP contribution < -0.4 is 5.32 Å². The molecule has 1 atom stereocenters. The molecule has 1 aromatic heterocycles. The maximum absolute atomic E-state index is 3.63. The molecule has 0 aromatic carbocycles. The first-order valence-corrected chi connectivity index (χ1v) is 8.13. The van der Waals surface area contributed by atoms with Crippen LogP contribution in [0.5, 0.6) is 0 Å². The molecule has 1 nitrogen and oxygen atoms in total. The van der Waals surface area contributed by atoms with Crippen molar-refractivity contribution in [1.29, 1.82) is 0 Å². The number of nitrogens with one attached hydrogen (secondary N) is 1. The molecule has 1 fully saturated rings. The Kier molecular flexibility index (Phi) is 4.50. The standard InChI is InChI=1S/C16H27NS/c1-12(2)11-16(9-5-6-10-16)15(17-4)14-8-7-13(3)18-14/h7-8,12,15,17H,5-6,9-11H2,1-4H3. The summed E-state index contributed by atoms with van der Waals surface area (Å²) in [6.45, 7) is 6.95. The lowest BCUT2D eigenvalue weighted by atomic mass is 9.72. The Labute approximate surface area is 116 Å². The van der Waals surface area contributed by atoms with Crippen LogP contribution in [0.15, 0.2) is 12.1 Å². The van der Waals surface area contributed by atoms with Crippen molar-refractivity contribution in [3.05, 3.63) is 21.9 Å². The average Bonchev–Trinajstić information content (AvgIpc) is 2.89. The van der Waals surface area contributed by atoms with Crippen molar-refractivity contribution < 1.29 is 0 Å². The van der Waals surface area contributed by atoms with Gasteiger partial charge in [0.25, 0.3) is 0 Å². The molecule has 0 saturated heterocycles. The van der Waals surface area contributed by atoms with Gasteiger partial charge in [-0.2, -0.15) is 0 Å². The van der Waals surface area contributed by atoms with Gasteiger partial charge in [0, 0.05) is 15.8 Å². The Balaban J connectivity index is 2.27. The first kappa shape index (κ1) is 14.1. The highest BCUT2D eigenvalue weighted by Crippen LogP contribution is 2.52. The fraction of sp³-hybridized carbons (Fsp3) is 0.750. The van der Waals surface area contributed by atoms with E-state index in [0.29, 0.717) is 11.5 Å². The van der Waals surface area contributed by atoms with Gasteiger partial charge < -0.3 is 5.32 Å². The van der Waals surface area contributed by atoms with E-state index >= 15 is 0 Å². The second kappa shape index (κ2) is 5.75. The van der Waals surface area contributed by atoms with Crippen molar-refractivity contribution in [2.24, 2.45) is 11.3 Å². The molecule has 1 aliphatic rings. The third-order valence-electron chi connectivity index (χ3n) is 4.36. The molecule has 102 valence electrons. The van der Waals surface area contributed by atoms with Gasteiger partial charge >= 0.3 is 0 Å². The van der Waals surface area contributed by atoms with Crippen LogP contribution in [0.1, 0.15) is 61.7 Å². The first-order chi connectivity index (χ1) is 8.57. The summed E-state index contributed by atoms with van der Waals surface area (Å²) in [7, 11) is 2.14. The molecule has 18 heavy (non-hydrogen) atoms. The van der Waals surface area contributed by atoms with Crippen molar-refractivity contribution in [2.75, 3.05) is 7.05 Å². The minimum Gasteiger partial charge on any atom is -0.312 e. The van der Waals surface area contributed by atoms with Gasteiger partial charge in [0.1, 0.15) is 0 Å². The zero-order valence-corrected chi connectivity index (χ0v) is 13.1. The Morgan fingerprint density at radius 1 is 1.28 bits per heavy atom. The van der Waals surface area contributed by atoms with Crippen LogP contribution in [-0.2, 0) is 0 Å². The summed E-state index contributed by atoms with van der Waals surface area (Å²) in [6.07, 6.45) is 6.97. The number of rotatable bonds is 5. The number of thiophene rings is 1. The fourth-order valence-electron chi connectivity index (χ4n) is 3.86. The van der Waals surface area contributed by atoms with Crippen LogP contribution in [0.25, 0.3) is 0 Å². The summed E-state index contributed by atoms with van der Waals surface area (Å²) in [4.78, 5) is 2.97. The lowest BCUT2D eigenvalue weighted by molar-refractivity contribution is 0.164. The van der Waals surface area contributed by atoms with E-state index in [9.17, 15) is 0 Å². The minimum atomic E-state index is 0.500. The van der Waals surface area contributed by atoms with E-state index in [1.54, 1.807) is 0 Å². The monoisotopic (exact) mass is 265 g/mol. The molecule has 1 unspecified atom stereocenters. The van der Waals surface area contributed by atoms with Crippen molar-refractivity contribution in [3.63, 3.8) is 0 Å². The van der Waals surface area contributed by atoms with Crippen LogP contribution in [0.2, 0.25) is 0 Å². The van der Waals surface area contributed by atoms with E-state index in [0.717, 1.165) is 5.92 Å². The maximum atomic E-state index is 3.63. The molecule has 1 heterocycles. The third-order valence-corrected chi connectivity index (χ3v) is 5.43. The third kappa shape index (κ3) is 2.80. The minimum absolute atomic E-state index is 0.500. The Morgan fingerprint density at radius 3 is 2.39 bits per heavy atom. The molecule has 0 radical (unpaired) electrons. The lowest BCUT2D eigenvalue weighted by Crippen LogP contribution is -2.35. The van der Waals surface area contributed by atoms with Crippen LogP contribution >= 0.6 is 11.3 Å². The van der Waals surface area contributed by atoms with Gasteiger partial charge in [-0.05, 0) is 56.7 Å². The lowest BCUT2D eigenvalue weighted by Gasteiger charge is -2.38. The van der Waals surface area contributed by atoms with Crippen LogP contribution in [0.4, 0.5) is 0 Å². The molecule has 1 aliphatic carbocycles. The Bertz CT molecular complexity index is 374. The van der Waals surface area contributed by atoms with E-state index < -0.39 is 0 Å². The van der Waals surface area contributed by atoms with Gasteiger partial charge in [-0.3, -0.25) is 0 Å². The molecule has 1 saturated carbocycles. The quantitative estimate of drug-likeness (QED) is 0.796. The molecule has 0 spiro atoms. The summed E-state index contributed by atoms with van der Waals surface area (Å²) in [5.41, 5.74) is 0.500. The largest absolute Gasteiger partial charge is 0.312 e. The second-order valence-electron chi connectivity index (χ2n) is 6.34. The van der Waals surface area contributed by atoms with Gasteiger partial charge in [-0.1, -0.05) is 26.7 Å². The van der Waals surface area contributed by atoms with Crippen LogP contribution in [-0.4, -0.2) is 7.05 Å². The SMILES string of the molecule is CNC(c1ccc(C)s1)C1(CC(C)C)CCCC1. The predicted octanol–water partition coefficient (Wildman–Crippen LogP) is 4.92. The zero-order valence-electron chi connectivity index (χ0n) is 12.3. The molecule has 1 N–H and O–H groups in total. The molecular weight excluding hydrogens is 238 g/mol. The summed E-state index contributed by atoms with van der Waals surface area (Å²) in [5.74, 6) is 0.792. The van der Waals surface area contributed by atoms with Gasteiger partial charge in [0.15, 0.2) is 0 Å². The average molecular weight is 265 g/mol. The zero-order chi connectivity index (χ0) is 13.2. The first-order valence-electron chi connectivity index (χ1n) is 7.31. The van der Waals surface area contributed by atoms with Gasteiger partial charge in [-0.15, -0.1) is 11.3 Å². The molecular formula is C16H27NS. The van der Waals surface area contributed by atoms with Gasteiger partial charge in [0.05, 0.1) is 0 Å². The number of aryl methyl sites for hydroxylation is 1. The number of hydrogen-bond acceptors (Lipinski definition) is 2. The van der Waals surface area contributed by atoms with E-state index in [2.05, 4.69) is 45.3 Å². The molecule has 1 aromatic rings. The van der Waals surface area contributed by atoms with Crippen molar-refractivity contribution >= 4 is 11.3 Å². The normalized spacial score (nSPS) is 20.5. The maximum Gasteiger partial charge on any atom is 0.0469 e. The fourth-order valence-corrected chi connectivity index (χ4v) is 4.99. The molecule has 2 rings (SSSR count). The highest BCUT2D eigenvalue weighted by atomic mass is 32.1. The summed E-state index contributed by atoms with van der Waals surface area (Å²) >= 11 is 1.97. The van der Waals surface area contributed by atoms with E-state index in [1.807, 2.05) is 11.3 Å². The van der Waals surface area contributed by atoms with E-state index in [4.69, 9.17) is 0 Å². The summed E-state index contributed by atoms with van der Waals surface area (Å²) in [5, 5.41) is 3.63. The molecule has 0 bridgehead atoms. The topological polar surface area (TPSA) is 12.0 Å². The smallest absolute Gasteiger partial charge is 0.0469 e. The molecule has 0 aliphatic heterocycles. The number of hydrogen-bond donors (Lipinski definition) is 1. The van der Waals surface area contributed by atoms with E-state index in [-0.39, 0.29) is 0 Å². The molecule has 2 heteroatoms. The van der Waals surface area contributed by atoms with Crippen LogP contribution in [0, 0.1) is 18.3 Å². The summed E-state index contributed by atoms with van der Waals surface area (Å²) in [6, 6.07) is 5.16. The summed E-state index contributed by atoms with van der Waals surface area (Å²) < 4.78 is 0. The predicted molar refractivity (Wildman–Crippen MR) is 81.2 cm³/mol. The van der Waals surface area contributed by atoms with Crippen LogP contribution in [0.3, 0.4) is 0 Å². The van der Waals surface area contributed by atoms with Gasteiger partial charge in [0.2, 0.25) is 0 Å². The Hall–Kier alpha value is -0.340. The van der Waals surface area contributed by atoms with Crippen molar-refractivity contribution in [2.45, 2.75) is 58.9 Å². The highest BCUT2D eigenvalue weighted by molar-refractivity contribution is 7.12. The Morgan fingerprint density at radius 2 is 1.94 bits per heavy atom. The van der Waals surface area contributed by atoms with Gasteiger partial charge in [-0.25, -0.2) is 0 Å².